The van der Waals surface area contributed by atoms with Crippen molar-refractivity contribution in [3.05, 3.63) is 64.5 Å². The molecule has 0 aliphatic carbocycles. The van der Waals surface area contributed by atoms with Crippen LogP contribution in [0, 0.1) is 5.82 Å². The highest BCUT2D eigenvalue weighted by Gasteiger charge is 2.15. The van der Waals surface area contributed by atoms with E-state index in [0.29, 0.717) is 29.2 Å². The molecule has 4 rings (SSSR count). The first-order valence-corrected chi connectivity index (χ1v) is 9.16. The van der Waals surface area contributed by atoms with Gasteiger partial charge in [-0.15, -0.1) is 10.2 Å². The van der Waals surface area contributed by atoms with E-state index >= 15 is 0 Å². The first-order chi connectivity index (χ1) is 14.0. The lowest BCUT2D eigenvalue weighted by atomic mass is 10.2. The average Bonchev–Trinajstić information content (AvgIpc) is 3.12. The molecule has 0 radical (unpaired) electrons. The number of anilines is 2. The summed E-state index contributed by atoms with van der Waals surface area (Å²) in [4.78, 5) is 23.9. The van der Waals surface area contributed by atoms with Crippen LogP contribution in [0.15, 0.2) is 47.3 Å². The third kappa shape index (κ3) is 3.31. The Hall–Kier alpha value is -3.75. The lowest BCUT2D eigenvalue weighted by molar-refractivity contribution is -0.114. The van der Waals surface area contributed by atoms with Gasteiger partial charge in [-0.3, -0.25) is 18.6 Å². The molecule has 2 N–H and O–H groups in total. The van der Waals surface area contributed by atoms with Gasteiger partial charge >= 0.3 is 0 Å². The van der Waals surface area contributed by atoms with Crippen LogP contribution in [0.5, 0.6) is 0 Å². The highest BCUT2D eigenvalue weighted by Crippen LogP contribution is 2.21. The predicted molar refractivity (Wildman–Crippen MR) is 108 cm³/mol. The molecule has 0 saturated heterocycles. The van der Waals surface area contributed by atoms with Gasteiger partial charge < -0.3 is 10.6 Å². The van der Waals surface area contributed by atoms with Crippen LogP contribution in [0.3, 0.4) is 0 Å². The molecule has 4 aromatic rings. The van der Waals surface area contributed by atoms with Gasteiger partial charge in [-0.1, -0.05) is 12.1 Å². The van der Waals surface area contributed by atoms with Gasteiger partial charge in [0, 0.05) is 19.2 Å². The number of halogens is 1. The lowest BCUT2D eigenvalue weighted by Gasteiger charge is -2.11. The van der Waals surface area contributed by atoms with Crippen LogP contribution < -0.4 is 16.2 Å². The molecule has 8 nitrogen and oxygen atoms in total. The van der Waals surface area contributed by atoms with E-state index in [1.807, 2.05) is 29.5 Å². The smallest absolute Gasteiger partial charge is 0.262 e. The van der Waals surface area contributed by atoms with Crippen molar-refractivity contribution in [1.29, 1.82) is 0 Å². The molecule has 1 amide bonds. The van der Waals surface area contributed by atoms with Crippen molar-refractivity contribution in [2.75, 3.05) is 10.6 Å². The van der Waals surface area contributed by atoms with Gasteiger partial charge in [-0.2, -0.15) is 0 Å². The zero-order chi connectivity index (χ0) is 20.5. The number of aromatic nitrogens is 4. The quantitative estimate of drug-likeness (QED) is 0.543. The van der Waals surface area contributed by atoms with E-state index in [0.717, 1.165) is 5.52 Å². The molecule has 0 saturated carbocycles. The second kappa shape index (κ2) is 7.34. The van der Waals surface area contributed by atoms with E-state index in [9.17, 15) is 14.0 Å². The third-order valence-electron chi connectivity index (χ3n) is 4.62. The summed E-state index contributed by atoms with van der Waals surface area (Å²) in [6.45, 7) is 3.96. The number of carbonyl (C=O) groups is 1. The SMILES string of the molecule is CCn1c(=O)c2ccccc2n2c(CNc3ccc(F)c(NC(C)=O)c3)nnc12. The fourth-order valence-electron chi connectivity index (χ4n) is 3.32. The summed E-state index contributed by atoms with van der Waals surface area (Å²) in [6.07, 6.45) is 0. The van der Waals surface area contributed by atoms with Crippen LogP contribution in [0.2, 0.25) is 0 Å². The van der Waals surface area contributed by atoms with Crippen LogP contribution in [-0.2, 0) is 17.9 Å². The molecule has 2 aromatic carbocycles. The minimum atomic E-state index is -0.517. The highest BCUT2D eigenvalue weighted by molar-refractivity contribution is 5.89. The molecule has 0 aliphatic rings. The summed E-state index contributed by atoms with van der Waals surface area (Å²) in [7, 11) is 0. The molecule has 29 heavy (non-hydrogen) atoms. The average molecular weight is 394 g/mol. The summed E-state index contributed by atoms with van der Waals surface area (Å²) in [5.74, 6) is 0.194. The molecular weight excluding hydrogens is 375 g/mol. The van der Waals surface area contributed by atoms with Crippen LogP contribution in [0.4, 0.5) is 15.8 Å². The Morgan fingerprint density at radius 2 is 1.97 bits per heavy atom. The van der Waals surface area contributed by atoms with E-state index < -0.39 is 5.82 Å². The summed E-state index contributed by atoms with van der Waals surface area (Å²) < 4.78 is 17.3. The fourth-order valence-corrected chi connectivity index (χ4v) is 3.32. The lowest BCUT2D eigenvalue weighted by Crippen LogP contribution is -2.22. The molecule has 2 heterocycles. The topological polar surface area (TPSA) is 93.3 Å². The Balaban J connectivity index is 1.74. The number of hydrogen-bond acceptors (Lipinski definition) is 5. The summed E-state index contributed by atoms with van der Waals surface area (Å²) in [5.41, 5.74) is 1.32. The van der Waals surface area contributed by atoms with E-state index in [-0.39, 0.29) is 23.7 Å². The number of aryl methyl sites for hydroxylation is 1. The third-order valence-corrected chi connectivity index (χ3v) is 4.62. The summed E-state index contributed by atoms with van der Waals surface area (Å²) in [5, 5.41) is 14.7. The van der Waals surface area contributed by atoms with Gasteiger partial charge in [0.2, 0.25) is 11.7 Å². The number of para-hydroxylation sites is 1. The number of amides is 1. The predicted octanol–water partition coefficient (Wildman–Crippen LogP) is 2.77. The monoisotopic (exact) mass is 394 g/mol. The molecule has 0 atom stereocenters. The van der Waals surface area contributed by atoms with Crippen molar-refractivity contribution in [1.82, 2.24) is 19.2 Å². The van der Waals surface area contributed by atoms with Crippen molar-refractivity contribution in [2.24, 2.45) is 0 Å². The second-order valence-electron chi connectivity index (χ2n) is 6.55. The molecule has 9 heteroatoms. The number of hydrogen-bond donors (Lipinski definition) is 2. The van der Waals surface area contributed by atoms with Crippen LogP contribution in [0.1, 0.15) is 19.7 Å². The van der Waals surface area contributed by atoms with Crippen molar-refractivity contribution in [3.8, 4) is 0 Å². The van der Waals surface area contributed by atoms with Gasteiger partial charge in [0.25, 0.3) is 5.56 Å². The Bertz CT molecular complexity index is 1290. The molecule has 148 valence electrons. The van der Waals surface area contributed by atoms with E-state index in [2.05, 4.69) is 20.8 Å². The maximum absolute atomic E-state index is 13.8. The van der Waals surface area contributed by atoms with E-state index in [1.165, 1.54) is 19.1 Å². The van der Waals surface area contributed by atoms with E-state index in [4.69, 9.17) is 0 Å². The summed E-state index contributed by atoms with van der Waals surface area (Å²) >= 11 is 0. The number of nitrogens with one attached hydrogen (secondary N) is 2. The zero-order valence-corrected chi connectivity index (χ0v) is 15.9. The Kier molecular flexibility index (Phi) is 4.71. The standard InChI is InChI=1S/C20H19FN6O2/c1-3-26-19(29)14-6-4-5-7-17(14)27-18(24-25-20(26)27)11-22-13-8-9-15(21)16(10-13)23-12(2)28/h4-10,22H,3,11H2,1-2H3,(H,23,28). The minimum absolute atomic E-state index is 0.0962. The molecule has 2 aromatic heterocycles. The summed E-state index contributed by atoms with van der Waals surface area (Å²) in [6, 6.07) is 11.7. The second-order valence-corrected chi connectivity index (χ2v) is 6.55. The van der Waals surface area contributed by atoms with Crippen LogP contribution in [0.25, 0.3) is 16.7 Å². The van der Waals surface area contributed by atoms with Gasteiger partial charge in [0.1, 0.15) is 5.82 Å². The highest BCUT2D eigenvalue weighted by atomic mass is 19.1. The number of benzene rings is 2. The molecule has 0 bridgehead atoms. The Morgan fingerprint density at radius 3 is 2.72 bits per heavy atom. The van der Waals surface area contributed by atoms with Gasteiger partial charge in [0.15, 0.2) is 5.82 Å². The molecule has 0 unspecified atom stereocenters. The van der Waals surface area contributed by atoms with Crippen LogP contribution >= 0.6 is 0 Å². The first-order valence-electron chi connectivity index (χ1n) is 9.16. The molecule has 0 spiro atoms. The van der Waals surface area contributed by atoms with Gasteiger partial charge in [0.05, 0.1) is 23.1 Å². The minimum Gasteiger partial charge on any atom is -0.378 e. The van der Waals surface area contributed by atoms with Crippen molar-refractivity contribution >= 4 is 34.0 Å². The first kappa shape index (κ1) is 18.6. The Labute approximate surface area is 165 Å². The normalized spacial score (nSPS) is 11.1. The number of nitrogens with zero attached hydrogens (tertiary/aromatic N) is 4. The molecule has 0 aliphatic heterocycles. The van der Waals surface area contributed by atoms with E-state index in [1.54, 1.807) is 16.7 Å². The number of fused-ring (bicyclic) bond motifs is 3. The maximum Gasteiger partial charge on any atom is 0.262 e. The van der Waals surface area contributed by atoms with Crippen molar-refractivity contribution in [2.45, 2.75) is 26.9 Å². The zero-order valence-electron chi connectivity index (χ0n) is 15.9. The van der Waals surface area contributed by atoms with Crippen molar-refractivity contribution in [3.63, 3.8) is 0 Å². The number of rotatable bonds is 5. The largest absolute Gasteiger partial charge is 0.378 e. The molecular formula is C20H19FN6O2. The number of carbonyl (C=O) groups excluding carboxylic acids is 1. The maximum atomic E-state index is 13.8. The fraction of sp³-hybridized carbons (Fsp3) is 0.200. The molecule has 0 fully saturated rings. The van der Waals surface area contributed by atoms with Crippen LogP contribution in [-0.4, -0.2) is 25.1 Å². The van der Waals surface area contributed by atoms with Crippen molar-refractivity contribution < 1.29 is 9.18 Å². The Morgan fingerprint density at radius 1 is 1.17 bits per heavy atom. The van der Waals surface area contributed by atoms with Gasteiger partial charge in [-0.25, -0.2) is 4.39 Å². The van der Waals surface area contributed by atoms with Gasteiger partial charge in [-0.05, 0) is 37.3 Å².